The molecule has 46 heavy (non-hydrogen) atoms. The molecule has 5 rings (SSSR count). The molecule has 0 radical (unpaired) electrons. The molecule has 2 heterocycles. The van der Waals surface area contributed by atoms with Gasteiger partial charge in [0.25, 0.3) is 12.4 Å². The van der Waals surface area contributed by atoms with Gasteiger partial charge in [0.1, 0.15) is 0 Å². The van der Waals surface area contributed by atoms with E-state index in [2.05, 4.69) is 15.7 Å². The Morgan fingerprint density at radius 2 is 1.85 bits per heavy atom. The zero-order valence-electron chi connectivity index (χ0n) is 26.1. The van der Waals surface area contributed by atoms with Crippen molar-refractivity contribution in [1.29, 1.82) is 0 Å². The molecule has 4 N–H and O–H groups in total. The van der Waals surface area contributed by atoms with Crippen molar-refractivity contribution in [2.75, 3.05) is 23.1 Å². The summed E-state index contributed by atoms with van der Waals surface area (Å²) >= 11 is 0. The van der Waals surface area contributed by atoms with Crippen LogP contribution in [0.25, 0.3) is 0 Å². The first-order chi connectivity index (χ1) is 22.2. The molecule has 11 nitrogen and oxygen atoms in total. The van der Waals surface area contributed by atoms with E-state index in [0.29, 0.717) is 25.8 Å². The number of aliphatic hydroxyl groups is 1. The number of sulfonamides is 1. The van der Waals surface area contributed by atoms with Crippen molar-refractivity contribution in [3.05, 3.63) is 82.9 Å². The summed E-state index contributed by atoms with van der Waals surface area (Å²) in [6.45, 7) is 3.39. The van der Waals surface area contributed by atoms with E-state index < -0.39 is 33.9 Å². The number of anilines is 1. The van der Waals surface area contributed by atoms with Gasteiger partial charge in [-0.25, -0.2) is 12.8 Å². The normalized spacial score (nSPS) is 17.5. The molecular weight excluding hydrogens is 613 g/mol. The van der Waals surface area contributed by atoms with Crippen LogP contribution in [0.2, 0.25) is 0 Å². The Bertz CT molecular complexity index is 1550. The molecule has 250 valence electrons. The lowest BCUT2D eigenvalue weighted by Crippen LogP contribution is -2.49. The third kappa shape index (κ3) is 9.14. The summed E-state index contributed by atoms with van der Waals surface area (Å²) in [5.41, 5.74) is 2.43. The maximum Gasteiger partial charge on any atom is 0.290 e. The van der Waals surface area contributed by atoms with Crippen molar-refractivity contribution < 1.29 is 32.6 Å². The van der Waals surface area contributed by atoms with Gasteiger partial charge in [-0.15, -0.1) is 0 Å². The van der Waals surface area contributed by atoms with Crippen LogP contribution >= 0.6 is 0 Å². The summed E-state index contributed by atoms with van der Waals surface area (Å²) < 4.78 is 45.0. The van der Waals surface area contributed by atoms with Crippen LogP contribution in [-0.4, -0.2) is 71.8 Å². The number of carboxylic acid groups (broad SMARTS) is 1. The number of carbonyl (C=O) groups excluding carboxylic acids is 1. The Kier molecular flexibility index (Phi) is 12.7. The lowest BCUT2D eigenvalue weighted by molar-refractivity contribution is -0.122. The van der Waals surface area contributed by atoms with Crippen LogP contribution in [0.4, 0.5) is 10.1 Å². The second-order valence-electron chi connectivity index (χ2n) is 11.8. The van der Waals surface area contributed by atoms with Gasteiger partial charge in [-0.2, -0.15) is 5.10 Å². The van der Waals surface area contributed by atoms with E-state index in [1.54, 1.807) is 18.3 Å². The fourth-order valence-electron chi connectivity index (χ4n) is 6.11. The highest BCUT2D eigenvalue weighted by molar-refractivity contribution is 7.92. The van der Waals surface area contributed by atoms with Crippen LogP contribution in [0.3, 0.4) is 0 Å². The van der Waals surface area contributed by atoms with E-state index in [4.69, 9.17) is 9.90 Å². The van der Waals surface area contributed by atoms with Gasteiger partial charge in [0.2, 0.25) is 10.0 Å². The minimum atomic E-state index is -3.69. The number of carbonyl (C=O) groups is 2. The summed E-state index contributed by atoms with van der Waals surface area (Å²) in [6, 6.07) is 12.0. The lowest BCUT2D eigenvalue weighted by atomic mass is 9.94. The number of nitrogens with one attached hydrogen (secondary N) is 2. The van der Waals surface area contributed by atoms with Crippen molar-refractivity contribution in [3.8, 4) is 0 Å². The zero-order valence-corrected chi connectivity index (χ0v) is 27.0. The number of rotatable bonds is 12. The van der Waals surface area contributed by atoms with Gasteiger partial charge in [-0.1, -0.05) is 43.2 Å². The third-order valence-electron chi connectivity index (χ3n) is 8.54. The van der Waals surface area contributed by atoms with Crippen LogP contribution in [0.5, 0.6) is 0 Å². The minimum absolute atomic E-state index is 0.0425. The molecule has 1 saturated carbocycles. The number of benzene rings is 2. The molecular formula is C33H44FN5O6S. The molecule has 1 aliphatic heterocycles. The van der Waals surface area contributed by atoms with Crippen LogP contribution in [0.15, 0.2) is 54.9 Å². The minimum Gasteiger partial charge on any atom is -0.483 e. The van der Waals surface area contributed by atoms with Crippen molar-refractivity contribution in [2.24, 2.45) is 0 Å². The van der Waals surface area contributed by atoms with E-state index in [-0.39, 0.29) is 42.5 Å². The Balaban J connectivity index is 0.00000154. The molecule has 0 unspecified atom stereocenters. The predicted octanol–water partition coefficient (Wildman–Crippen LogP) is 3.82. The van der Waals surface area contributed by atoms with Crippen LogP contribution in [0.1, 0.15) is 78.4 Å². The Labute approximate surface area is 269 Å². The van der Waals surface area contributed by atoms with Crippen molar-refractivity contribution in [3.63, 3.8) is 0 Å². The van der Waals surface area contributed by atoms with Gasteiger partial charge in [0, 0.05) is 37.9 Å². The summed E-state index contributed by atoms with van der Waals surface area (Å²) in [5, 5.41) is 28.5. The zero-order chi connectivity index (χ0) is 33.1. The predicted molar refractivity (Wildman–Crippen MR) is 174 cm³/mol. The first kappa shape index (κ1) is 35.1. The monoisotopic (exact) mass is 657 g/mol. The SMILES string of the molecule is CCn1cc(CNC[C@@H](O)[C@H](Cc2ccccc2)NC(=O)c2cc(C3CCCC3)cc(N3CCCCS3(=O)=O)c2F)cn1.O=CO. The number of hydrogen-bond donors (Lipinski definition) is 4. The number of amides is 1. The Morgan fingerprint density at radius 1 is 1.13 bits per heavy atom. The highest BCUT2D eigenvalue weighted by atomic mass is 32.2. The average molecular weight is 658 g/mol. The van der Waals surface area contributed by atoms with Crippen LogP contribution in [0, 0.1) is 5.82 Å². The van der Waals surface area contributed by atoms with Crippen molar-refractivity contribution in [2.45, 2.75) is 83.0 Å². The number of aryl methyl sites for hydroxylation is 1. The van der Waals surface area contributed by atoms with Gasteiger partial charge in [-0.3, -0.25) is 18.6 Å². The number of nitrogens with zero attached hydrogens (tertiary/aromatic N) is 3. The second-order valence-corrected chi connectivity index (χ2v) is 13.8. The van der Waals surface area contributed by atoms with Crippen LogP contribution in [-0.2, 0) is 34.3 Å². The van der Waals surface area contributed by atoms with Gasteiger partial charge in [0.15, 0.2) is 5.82 Å². The highest BCUT2D eigenvalue weighted by Gasteiger charge is 2.33. The molecule has 2 aromatic carbocycles. The van der Waals surface area contributed by atoms with E-state index in [0.717, 1.165) is 53.2 Å². The molecule has 3 aromatic rings. The Hall–Kier alpha value is -3.81. The topological polar surface area (TPSA) is 154 Å². The highest BCUT2D eigenvalue weighted by Crippen LogP contribution is 2.38. The molecule has 1 amide bonds. The smallest absolute Gasteiger partial charge is 0.290 e. The maximum atomic E-state index is 16.2. The summed E-state index contributed by atoms with van der Waals surface area (Å²) in [4.78, 5) is 22.2. The second kappa shape index (κ2) is 16.7. The number of aromatic nitrogens is 2. The first-order valence-corrected chi connectivity index (χ1v) is 17.4. The van der Waals surface area contributed by atoms with Crippen molar-refractivity contribution >= 4 is 28.1 Å². The first-order valence-electron chi connectivity index (χ1n) is 15.8. The number of hydrogen-bond acceptors (Lipinski definition) is 7. The van der Waals surface area contributed by atoms with E-state index in [1.165, 1.54) is 0 Å². The van der Waals surface area contributed by atoms with E-state index >= 15 is 4.39 Å². The standard InChI is InChI=1S/C32H42FN5O4S.CH2O2/c1-2-37-22-24(20-35-37)19-34-21-30(39)28(16-23-10-4-3-5-11-23)36-32(40)27-17-26(25-12-6-7-13-25)18-29(31(27)33)38-14-8-9-15-43(38,41)42;2-1-3/h3-5,10-11,17-18,20,22,25,28,30,34,39H,2,6-9,12-16,19,21H2,1H3,(H,36,40);1H,(H,2,3)/t28-,30+;/m0./s1. The molecule has 0 bridgehead atoms. The van der Waals surface area contributed by atoms with Gasteiger partial charge >= 0.3 is 0 Å². The molecule has 2 aliphatic rings. The van der Waals surface area contributed by atoms with E-state index in [9.17, 15) is 18.3 Å². The molecule has 1 aromatic heterocycles. The average Bonchev–Trinajstić information content (AvgIpc) is 3.75. The molecule has 1 saturated heterocycles. The third-order valence-corrected chi connectivity index (χ3v) is 10.4. The molecule has 13 heteroatoms. The van der Waals surface area contributed by atoms with E-state index in [1.807, 2.05) is 48.1 Å². The molecule has 2 atom stereocenters. The summed E-state index contributed by atoms with van der Waals surface area (Å²) in [6.07, 6.45) is 8.13. The molecule has 2 fully saturated rings. The van der Waals surface area contributed by atoms with Crippen LogP contribution < -0.4 is 14.9 Å². The number of aliphatic hydroxyl groups excluding tert-OH is 1. The maximum absolute atomic E-state index is 16.2. The van der Waals surface area contributed by atoms with Gasteiger partial charge in [0.05, 0.1) is 35.3 Å². The summed E-state index contributed by atoms with van der Waals surface area (Å²) in [5.74, 6) is -1.41. The molecule has 1 aliphatic carbocycles. The largest absolute Gasteiger partial charge is 0.483 e. The van der Waals surface area contributed by atoms with Gasteiger partial charge < -0.3 is 20.8 Å². The fraction of sp³-hybridized carbons (Fsp3) is 0.485. The quantitative estimate of drug-likeness (QED) is 0.215. The lowest BCUT2D eigenvalue weighted by Gasteiger charge is -2.30. The Morgan fingerprint density at radius 3 is 2.50 bits per heavy atom. The number of halogens is 1. The van der Waals surface area contributed by atoms with Crippen molar-refractivity contribution in [1.82, 2.24) is 20.4 Å². The van der Waals surface area contributed by atoms with Gasteiger partial charge in [-0.05, 0) is 68.2 Å². The fourth-order valence-corrected chi connectivity index (χ4v) is 7.74. The summed E-state index contributed by atoms with van der Waals surface area (Å²) in [7, 11) is -3.69. The molecule has 0 spiro atoms.